The number of hydrogen-bond donors (Lipinski definition) is 0. The van der Waals surface area contributed by atoms with Crippen molar-refractivity contribution in [1.82, 2.24) is 0 Å². The highest BCUT2D eigenvalue weighted by atomic mass is 16.5. The number of nitrogens with zero attached hydrogens (tertiary/aromatic N) is 1. The van der Waals surface area contributed by atoms with Crippen LogP contribution >= 0.6 is 0 Å². The molecule has 0 bridgehead atoms. The standard InChI is InChI=1S/C7H11NO/c1-6-4-7(2-3-8)5-9-6/h6-7H,2,4-5H2,1H3. The second-order valence-electron chi connectivity index (χ2n) is 2.61. The maximum atomic E-state index is 8.31. The van der Waals surface area contributed by atoms with E-state index in [4.69, 9.17) is 10.00 Å². The fourth-order valence-corrected chi connectivity index (χ4v) is 1.18. The molecule has 0 aromatic carbocycles. The molecule has 2 nitrogen and oxygen atoms in total. The Kier molecular flexibility index (Phi) is 2.07. The largest absolute Gasteiger partial charge is 0.378 e. The Bertz CT molecular complexity index is 127. The minimum atomic E-state index is 0.378. The monoisotopic (exact) mass is 125 g/mol. The molecule has 1 fully saturated rings. The zero-order valence-electron chi connectivity index (χ0n) is 5.63. The fraction of sp³-hybridized carbons (Fsp3) is 0.857. The molecular formula is C7H11NO. The average molecular weight is 125 g/mol. The molecule has 2 atom stereocenters. The summed E-state index contributed by atoms with van der Waals surface area (Å²) in [6, 6.07) is 2.15. The molecule has 1 heterocycles. The lowest BCUT2D eigenvalue weighted by atomic mass is 10.0. The predicted molar refractivity (Wildman–Crippen MR) is 33.8 cm³/mol. The molecule has 0 saturated carbocycles. The van der Waals surface area contributed by atoms with Crippen LogP contribution in [-0.2, 0) is 4.74 Å². The highest BCUT2D eigenvalue weighted by Gasteiger charge is 2.20. The maximum Gasteiger partial charge on any atom is 0.0625 e. The van der Waals surface area contributed by atoms with Crippen LogP contribution in [0, 0.1) is 17.2 Å². The van der Waals surface area contributed by atoms with E-state index in [1.54, 1.807) is 0 Å². The second-order valence-corrected chi connectivity index (χ2v) is 2.61. The first-order chi connectivity index (χ1) is 4.33. The van der Waals surface area contributed by atoms with Crippen LogP contribution < -0.4 is 0 Å². The van der Waals surface area contributed by atoms with Crippen molar-refractivity contribution in [2.24, 2.45) is 5.92 Å². The van der Waals surface area contributed by atoms with E-state index in [1.165, 1.54) is 0 Å². The lowest BCUT2D eigenvalue weighted by molar-refractivity contribution is 0.120. The molecule has 0 aromatic rings. The minimum absolute atomic E-state index is 0.378. The summed E-state index contributed by atoms with van der Waals surface area (Å²) in [5, 5.41) is 8.31. The molecule has 1 aliphatic heterocycles. The first kappa shape index (κ1) is 6.57. The number of hydrogen-bond acceptors (Lipinski definition) is 2. The van der Waals surface area contributed by atoms with E-state index in [2.05, 4.69) is 13.0 Å². The van der Waals surface area contributed by atoms with Gasteiger partial charge in [0, 0.05) is 6.42 Å². The molecule has 0 aliphatic carbocycles. The third-order valence-corrected chi connectivity index (χ3v) is 1.66. The highest BCUT2D eigenvalue weighted by molar-refractivity contribution is 4.80. The molecule has 0 N–H and O–H groups in total. The normalized spacial score (nSPS) is 34.2. The van der Waals surface area contributed by atoms with E-state index in [1.807, 2.05) is 0 Å². The van der Waals surface area contributed by atoms with Gasteiger partial charge in [-0.3, -0.25) is 0 Å². The molecule has 1 rings (SSSR count). The summed E-state index contributed by atoms with van der Waals surface area (Å²) in [5.41, 5.74) is 0. The van der Waals surface area contributed by atoms with E-state index in [-0.39, 0.29) is 0 Å². The molecule has 9 heavy (non-hydrogen) atoms. The third kappa shape index (κ3) is 1.69. The number of nitriles is 1. The highest BCUT2D eigenvalue weighted by Crippen LogP contribution is 2.20. The molecule has 0 amide bonds. The number of ether oxygens (including phenoxy) is 1. The summed E-state index contributed by atoms with van der Waals surface area (Å²) >= 11 is 0. The molecule has 0 radical (unpaired) electrons. The van der Waals surface area contributed by atoms with Crippen LogP contribution in [0.15, 0.2) is 0 Å². The van der Waals surface area contributed by atoms with Gasteiger partial charge in [-0.05, 0) is 19.3 Å². The average Bonchev–Trinajstić information content (AvgIpc) is 2.17. The molecule has 0 aromatic heterocycles. The lowest BCUT2D eigenvalue weighted by Gasteiger charge is -1.97. The molecule has 50 valence electrons. The van der Waals surface area contributed by atoms with Gasteiger partial charge in [-0.15, -0.1) is 0 Å². The zero-order valence-corrected chi connectivity index (χ0v) is 5.63. The van der Waals surface area contributed by atoms with Crippen LogP contribution in [-0.4, -0.2) is 12.7 Å². The zero-order chi connectivity index (χ0) is 6.69. The molecular weight excluding hydrogens is 114 g/mol. The Morgan fingerprint density at radius 1 is 1.78 bits per heavy atom. The fourth-order valence-electron chi connectivity index (χ4n) is 1.18. The van der Waals surface area contributed by atoms with Gasteiger partial charge in [0.2, 0.25) is 0 Å². The summed E-state index contributed by atoms with van der Waals surface area (Å²) in [6.45, 7) is 2.84. The van der Waals surface area contributed by atoms with Crippen molar-refractivity contribution in [1.29, 1.82) is 5.26 Å². The molecule has 2 heteroatoms. The van der Waals surface area contributed by atoms with Gasteiger partial charge < -0.3 is 4.74 Å². The van der Waals surface area contributed by atoms with Gasteiger partial charge in [0.25, 0.3) is 0 Å². The van der Waals surface area contributed by atoms with Crippen molar-refractivity contribution in [3.8, 4) is 6.07 Å². The summed E-state index contributed by atoms with van der Waals surface area (Å²) in [5.74, 6) is 0.505. The van der Waals surface area contributed by atoms with Crippen molar-refractivity contribution in [2.45, 2.75) is 25.9 Å². The second kappa shape index (κ2) is 2.84. The quantitative estimate of drug-likeness (QED) is 0.529. The number of rotatable bonds is 1. The predicted octanol–water partition coefficient (Wildman–Crippen LogP) is 1.33. The van der Waals surface area contributed by atoms with Crippen LogP contribution in [0.5, 0.6) is 0 Å². The van der Waals surface area contributed by atoms with Crippen LogP contribution in [0.1, 0.15) is 19.8 Å². The minimum Gasteiger partial charge on any atom is -0.378 e. The molecule has 0 spiro atoms. The first-order valence-corrected chi connectivity index (χ1v) is 3.31. The Morgan fingerprint density at radius 2 is 2.56 bits per heavy atom. The Balaban J connectivity index is 2.24. The Labute approximate surface area is 55.4 Å². The van der Waals surface area contributed by atoms with Gasteiger partial charge in [0.15, 0.2) is 0 Å². The van der Waals surface area contributed by atoms with Crippen molar-refractivity contribution in [3.63, 3.8) is 0 Å². The van der Waals surface area contributed by atoms with Crippen LogP contribution in [0.25, 0.3) is 0 Å². The van der Waals surface area contributed by atoms with Gasteiger partial charge >= 0.3 is 0 Å². The van der Waals surface area contributed by atoms with Gasteiger partial charge in [-0.1, -0.05) is 0 Å². The van der Waals surface area contributed by atoms with Gasteiger partial charge in [-0.2, -0.15) is 5.26 Å². The van der Waals surface area contributed by atoms with Crippen molar-refractivity contribution in [2.75, 3.05) is 6.61 Å². The van der Waals surface area contributed by atoms with Crippen molar-refractivity contribution in [3.05, 3.63) is 0 Å². The van der Waals surface area contributed by atoms with Crippen LogP contribution in [0.2, 0.25) is 0 Å². The smallest absolute Gasteiger partial charge is 0.0625 e. The van der Waals surface area contributed by atoms with Gasteiger partial charge in [0.1, 0.15) is 0 Å². The van der Waals surface area contributed by atoms with Crippen molar-refractivity contribution < 1.29 is 4.74 Å². The van der Waals surface area contributed by atoms with E-state index >= 15 is 0 Å². The summed E-state index contributed by atoms with van der Waals surface area (Å²) in [7, 11) is 0. The lowest BCUT2D eigenvalue weighted by Crippen LogP contribution is -1.96. The van der Waals surface area contributed by atoms with E-state index in [9.17, 15) is 0 Å². The Morgan fingerprint density at radius 3 is 3.00 bits per heavy atom. The summed E-state index contributed by atoms with van der Waals surface area (Å²) in [4.78, 5) is 0. The molecule has 1 saturated heterocycles. The Hall–Kier alpha value is -0.550. The van der Waals surface area contributed by atoms with E-state index in [0.717, 1.165) is 13.0 Å². The maximum absolute atomic E-state index is 8.31. The SMILES string of the molecule is CC1CC(CC#N)CO1. The van der Waals surface area contributed by atoms with Crippen LogP contribution in [0.4, 0.5) is 0 Å². The topological polar surface area (TPSA) is 33.0 Å². The van der Waals surface area contributed by atoms with Crippen LogP contribution in [0.3, 0.4) is 0 Å². The summed E-state index contributed by atoms with van der Waals surface area (Å²) in [6.07, 6.45) is 2.10. The first-order valence-electron chi connectivity index (χ1n) is 3.31. The van der Waals surface area contributed by atoms with Gasteiger partial charge in [-0.25, -0.2) is 0 Å². The van der Waals surface area contributed by atoms with Gasteiger partial charge in [0.05, 0.1) is 18.8 Å². The van der Waals surface area contributed by atoms with E-state index < -0.39 is 0 Å². The van der Waals surface area contributed by atoms with Crippen molar-refractivity contribution >= 4 is 0 Å². The summed E-state index contributed by atoms with van der Waals surface area (Å²) < 4.78 is 5.27. The molecule has 2 unspecified atom stereocenters. The third-order valence-electron chi connectivity index (χ3n) is 1.66. The molecule has 1 aliphatic rings. The van der Waals surface area contributed by atoms with E-state index in [0.29, 0.717) is 18.4 Å².